The maximum Gasteiger partial charge on any atom is 0.101 e. The summed E-state index contributed by atoms with van der Waals surface area (Å²) in [5.41, 5.74) is 5.17. The molecule has 2 N–H and O–H groups in total. The van der Waals surface area contributed by atoms with Gasteiger partial charge in [0.25, 0.3) is 0 Å². The Morgan fingerprint density at radius 2 is 2.00 bits per heavy atom. The minimum atomic E-state index is -0.630. The molecule has 3 nitrogen and oxygen atoms in total. The standard InChI is InChI=1S/C14H27N3/c1-3-13-6-10-17(11-7-13)9-5-4-8-14(2,16)12-15/h13H,3-11,16H2,1-2H3. The van der Waals surface area contributed by atoms with Crippen LogP contribution in [0.2, 0.25) is 0 Å². The van der Waals surface area contributed by atoms with Crippen molar-refractivity contribution >= 4 is 0 Å². The first-order chi connectivity index (χ1) is 8.07. The Bertz CT molecular complexity index is 247. The van der Waals surface area contributed by atoms with E-state index in [1.165, 1.54) is 45.3 Å². The Kier molecular flexibility index (Phi) is 5.94. The van der Waals surface area contributed by atoms with E-state index in [0.29, 0.717) is 0 Å². The zero-order chi connectivity index (χ0) is 12.7. The molecular formula is C14H27N3. The van der Waals surface area contributed by atoms with Crippen molar-refractivity contribution in [1.82, 2.24) is 4.90 Å². The first-order valence-corrected chi connectivity index (χ1v) is 7.00. The fraction of sp³-hybridized carbons (Fsp3) is 0.929. The zero-order valence-corrected chi connectivity index (χ0v) is 11.4. The molecule has 0 bridgehead atoms. The number of rotatable bonds is 6. The molecule has 1 atom stereocenters. The van der Waals surface area contributed by atoms with Crippen LogP contribution in [0.5, 0.6) is 0 Å². The molecule has 0 aromatic rings. The van der Waals surface area contributed by atoms with Crippen LogP contribution in [-0.2, 0) is 0 Å². The molecule has 3 heteroatoms. The van der Waals surface area contributed by atoms with Crippen LogP contribution in [0, 0.1) is 17.2 Å². The van der Waals surface area contributed by atoms with Gasteiger partial charge in [-0.1, -0.05) is 13.3 Å². The van der Waals surface area contributed by atoms with Gasteiger partial charge < -0.3 is 10.6 Å². The first kappa shape index (κ1) is 14.5. The van der Waals surface area contributed by atoms with Crippen molar-refractivity contribution < 1.29 is 0 Å². The SMILES string of the molecule is CCC1CCN(CCCCC(C)(N)C#N)CC1. The second-order valence-electron chi connectivity index (χ2n) is 5.68. The molecule has 0 spiro atoms. The minimum Gasteiger partial charge on any atom is -0.314 e. The third kappa shape index (κ3) is 5.52. The van der Waals surface area contributed by atoms with Crippen LogP contribution in [0.15, 0.2) is 0 Å². The van der Waals surface area contributed by atoms with Crippen molar-refractivity contribution in [3.05, 3.63) is 0 Å². The summed E-state index contributed by atoms with van der Waals surface area (Å²) in [6, 6.07) is 2.16. The molecule has 0 aliphatic carbocycles. The Morgan fingerprint density at radius 3 is 2.53 bits per heavy atom. The van der Waals surface area contributed by atoms with Crippen LogP contribution in [0.4, 0.5) is 0 Å². The second kappa shape index (κ2) is 6.98. The van der Waals surface area contributed by atoms with E-state index in [2.05, 4.69) is 17.9 Å². The monoisotopic (exact) mass is 237 g/mol. The summed E-state index contributed by atoms with van der Waals surface area (Å²) >= 11 is 0. The molecule has 98 valence electrons. The lowest BCUT2D eigenvalue weighted by atomic mass is 9.94. The third-order valence-electron chi connectivity index (χ3n) is 3.96. The lowest BCUT2D eigenvalue weighted by molar-refractivity contribution is 0.178. The van der Waals surface area contributed by atoms with E-state index in [1.807, 2.05) is 6.92 Å². The summed E-state index contributed by atoms with van der Waals surface area (Å²) in [6.07, 6.45) is 7.11. The smallest absolute Gasteiger partial charge is 0.101 e. The number of hydrogen-bond acceptors (Lipinski definition) is 3. The lowest BCUT2D eigenvalue weighted by Crippen LogP contribution is -2.35. The molecule has 1 rings (SSSR count). The average molecular weight is 237 g/mol. The molecule has 1 unspecified atom stereocenters. The predicted molar refractivity (Wildman–Crippen MR) is 71.5 cm³/mol. The highest BCUT2D eigenvalue weighted by atomic mass is 15.1. The topological polar surface area (TPSA) is 53.0 Å². The summed E-state index contributed by atoms with van der Waals surface area (Å²) in [5, 5.41) is 8.81. The number of nitriles is 1. The number of piperidine rings is 1. The van der Waals surface area contributed by atoms with Gasteiger partial charge in [-0.15, -0.1) is 0 Å². The van der Waals surface area contributed by atoms with E-state index in [4.69, 9.17) is 11.0 Å². The van der Waals surface area contributed by atoms with Gasteiger partial charge in [0.2, 0.25) is 0 Å². The van der Waals surface area contributed by atoms with Crippen molar-refractivity contribution in [2.45, 2.75) is 57.9 Å². The molecular weight excluding hydrogens is 210 g/mol. The molecule has 1 heterocycles. The summed E-state index contributed by atoms with van der Waals surface area (Å²) < 4.78 is 0. The van der Waals surface area contributed by atoms with E-state index < -0.39 is 5.54 Å². The zero-order valence-electron chi connectivity index (χ0n) is 11.4. The van der Waals surface area contributed by atoms with Crippen molar-refractivity contribution in [2.24, 2.45) is 11.7 Å². The maximum atomic E-state index is 8.81. The molecule has 0 amide bonds. The van der Waals surface area contributed by atoms with Crippen LogP contribution in [0.25, 0.3) is 0 Å². The van der Waals surface area contributed by atoms with Gasteiger partial charge in [-0.25, -0.2) is 0 Å². The van der Waals surface area contributed by atoms with E-state index >= 15 is 0 Å². The summed E-state index contributed by atoms with van der Waals surface area (Å²) in [7, 11) is 0. The molecule has 1 saturated heterocycles. The number of nitrogens with two attached hydrogens (primary N) is 1. The van der Waals surface area contributed by atoms with Gasteiger partial charge >= 0.3 is 0 Å². The largest absolute Gasteiger partial charge is 0.314 e. The predicted octanol–water partition coefficient (Wildman–Crippen LogP) is 2.52. The highest BCUT2D eigenvalue weighted by Crippen LogP contribution is 2.20. The number of likely N-dealkylation sites (tertiary alicyclic amines) is 1. The van der Waals surface area contributed by atoms with Crippen molar-refractivity contribution in [2.75, 3.05) is 19.6 Å². The van der Waals surface area contributed by atoms with Crippen LogP contribution in [0.1, 0.15) is 52.4 Å². The van der Waals surface area contributed by atoms with E-state index in [0.717, 1.165) is 18.8 Å². The summed E-state index contributed by atoms with van der Waals surface area (Å²) in [4.78, 5) is 2.56. The van der Waals surface area contributed by atoms with E-state index in [-0.39, 0.29) is 0 Å². The molecule has 0 radical (unpaired) electrons. The Labute approximate surface area is 106 Å². The molecule has 1 fully saturated rings. The maximum absolute atomic E-state index is 8.81. The minimum absolute atomic E-state index is 0.630. The molecule has 0 saturated carbocycles. The van der Waals surface area contributed by atoms with Gasteiger partial charge in [-0.05, 0) is 64.6 Å². The average Bonchev–Trinajstić information content (AvgIpc) is 2.35. The highest BCUT2D eigenvalue weighted by molar-refractivity contribution is 5.00. The van der Waals surface area contributed by atoms with E-state index in [9.17, 15) is 0 Å². The molecule has 1 aliphatic heterocycles. The van der Waals surface area contributed by atoms with Gasteiger partial charge in [-0.3, -0.25) is 0 Å². The fourth-order valence-corrected chi connectivity index (χ4v) is 2.50. The number of hydrogen-bond donors (Lipinski definition) is 1. The van der Waals surface area contributed by atoms with Crippen LogP contribution < -0.4 is 5.73 Å². The molecule has 0 aromatic carbocycles. The van der Waals surface area contributed by atoms with Gasteiger partial charge in [0.1, 0.15) is 5.54 Å². The van der Waals surface area contributed by atoms with Crippen LogP contribution in [0.3, 0.4) is 0 Å². The van der Waals surface area contributed by atoms with Crippen molar-refractivity contribution in [3.8, 4) is 6.07 Å². The van der Waals surface area contributed by atoms with Gasteiger partial charge in [-0.2, -0.15) is 5.26 Å². The summed E-state index contributed by atoms with van der Waals surface area (Å²) in [6.45, 7) is 7.81. The fourth-order valence-electron chi connectivity index (χ4n) is 2.50. The van der Waals surface area contributed by atoms with Gasteiger partial charge in [0, 0.05) is 0 Å². The van der Waals surface area contributed by atoms with Gasteiger partial charge in [0.15, 0.2) is 0 Å². The van der Waals surface area contributed by atoms with Crippen molar-refractivity contribution in [1.29, 1.82) is 5.26 Å². The number of nitrogens with zero attached hydrogens (tertiary/aromatic N) is 2. The van der Waals surface area contributed by atoms with Crippen LogP contribution in [-0.4, -0.2) is 30.1 Å². The molecule has 1 aliphatic rings. The van der Waals surface area contributed by atoms with Crippen LogP contribution >= 0.6 is 0 Å². The first-order valence-electron chi connectivity index (χ1n) is 7.00. The third-order valence-corrected chi connectivity index (χ3v) is 3.96. The highest BCUT2D eigenvalue weighted by Gasteiger charge is 2.18. The quantitative estimate of drug-likeness (QED) is 0.722. The Balaban J connectivity index is 2.07. The molecule has 17 heavy (non-hydrogen) atoms. The molecule has 0 aromatic heterocycles. The second-order valence-corrected chi connectivity index (χ2v) is 5.68. The van der Waals surface area contributed by atoms with Gasteiger partial charge in [0.05, 0.1) is 6.07 Å². The lowest BCUT2D eigenvalue weighted by Gasteiger charge is -2.31. The Hall–Kier alpha value is -0.590. The summed E-state index contributed by atoms with van der Waals surface area (Å²) in [5.74, 6) is 0.956. The Morgan fingerprint density at radius 1 is 1.35 bits per heavy atom. The normalized spacial score (nSPS) is 22.0. The number of unbranched alkanes of at least 4 members (excludes halogenated alkanes) is 1. The van der Waals surface area contributed by atoms with E-state index in [1.54, 1.807) is 0 Å². The van der Waals surface area contributed by atoms with Crippen molar-refractivity contribution in [3.63, 3.8) is 0 Å².